The summed E-state index contributed by atoms with van der Waals surface area (Å²) >= 11 is 0. The van der Waals surface area contributed by atoms with Crippen molar-refractivity contribution in [3.05, 3.63) is 39.7 Å². The van der Waals surface area contributed by atoms with E-state index in [1.807, 2.05) is 0 Å². The number of aliphatic hydroxyl groups is 1. The third-order valence-electron chi connectivity index (χ3n) is 2.92. The van der Waals surface area contributed by atoms with Crippen LogP contribution in [0.3, 0.4) is 0 Å². The number of aliphatic hydroxyl groups excluding tert-OH is 1. The summed E-state index contributed by atoms with van der Waals surface area (Å²) in [6.45, 7) is 3.56. The van der Waals surface area contributed by atoms with Gasteiger partial charge in [0.05, 0.1) is 11.7 Å². The lowest BCUT2D eigenvalue weighted by atomic mass is 10.0. The van der Waals surface area contributed by atoms with E-state index in [-0.39, 0.29) is 5.75 Å². The topological polar surface area (TPSA) is 70.7 Å². The summed E-state index contributed by atoms with van der Waals surface area (Å²) < 4.78 is 5.10. The molecule has 1 aromatic carbocycles. The van der Waals surface area contributed by atoms with Gasteiger partial charge >= 0.3 is 5.63 Å². The molecular formula is C13H14O4. The molecule has 0 spiro atoms. The minimum atomic E-state index is -0.815. The van der Waals surface area contributed by atoms with Crippen LogP contribution in [0.2, 0.25) is 0 Å². The Balaban J connectivity index is 2.81. The zero-order valence-corrected chi connectivity index (χ0v) is 9.73. The van der Waals surface area contributed by atoms with Crippen LogP contribution in [0.5, 0.6) is 5.75 Å². The van der Waals surface area contributed by atoms with Crippen molar-refractivity contribution in [3.63, 3.8) is 0 Å². The average molecular weight is 234 g/mol. The first-order valence-corrected chi connectivity index (χ1v) is 5.49. The van der Waals surface area contributed by atoms with E-state index in [0.29, 0.717) is 23.1 Å². The summed E-state index contributed by atoms with van der Waals surface area (Å²) in [5.74, 6) is 0.0452. The second-order valence-corrected chi connectivity index (χ2v) is 4.03. The maximum Gasteiger partial charge on any atom is 0.342 e. The molecule has 2 N–H and O–H groups in total. The number of hydrogen-bond donors (Lipinski definition) is 2. The largest absolute Gasteiger partial charge is 0.508 e. The highest BCUT2D eigenvalue weighted by Gasteiger charge is 2.17. The van der Waals surface area contributed by atoms with E-state index >= 15 is 0 Å². The number of aryl methyl sites for hydroxylation is 1. The molecule has 0 aliphatic carbocycles. The second kappa shape index (κ2) is 4.22. The van der Waals surface area contributed by atoms with Crippen molar-refractivity contribution in [2.75, 3.05) is 0 Å². The highest BCUT2D eigenvalue weighted by atomic mass is 16.4. The molecule has 0 bridgehead atoms. The van der Waals surface area contributed by atoms with Crippen LogP contribution in [-0.4, -0.2) is 10.2 Å². The van der Waals surface area contributed by atoms with Gasteiger partial charge < -0.3 is 14.6 Å². The normalized spacial score (nSPS) is 12.9. The number of aromatic hydroxyl groups is 1. The smallest absolute Gasteiger partial charge is 0.342 e. The molecule has 4 heteroatoms. The zero-order chi connectivity index (χ0) is 12.6. The zero-order valence-electron chi connectivity index (χ0n) is 9.73. The Kier molecular flexibility index (Phi) is 2.90. The fourth-order valence-corrected chi connectivity index (χ4v) is 1.95. The van der Waals surface area contributed by atoms with Gasteiger partial charge in [-0.05, 0) is 31.0 Å². The van der Waals surface area contributed by atoms with E-state index in [9.17, 15) is 15.0 Å². The molecule has 4 nitrogen and oxygen atoms in total. The van der Waals surface area contributed by atoms with E-state index < -0.39 is 11.7 Å². The van der Waals surface area contributed by atoms with Crippen LogP contribution in [0, 0.1) is 6.92 Å². The molecule has 0 aliphatic heterocycles. The molecule has 0 saturated carbocycles. The molecule has 1 atom stereocenters. The maximum atomic E-state index is 11.8. The van der Waals surface area contributed by atoms with Crippen LogP contribution in [0.25, 0.3) is 11.0 Å². The summed E-state index contributed by atoms with van der Waals surface area (Å²) in [5, 5.41) is 19.8. The van der Waals surface area contributed by atoms with Crippen molar-refractivity contribution in [3.8, 4) is 5.75 Å². The lowest BCUT2D eigenvalue weighted by molar-refractivity contribution is 0.168. The standard InChI is InChI=1S/C13H14O4/c1-3-10(15)12-7(2)9-5-4-8(14)6-11(9)17-13(12)16/h4-6,10,14-15H,3H2,1-2H3. The van der Waals surface area contributed by atoms with Gasteiger partial charge in [-0.1, -0.05) is 6.92 Å². The molecule has 0 fully saturated rings. The van der Waals surface area contributed by atoms with Crippen LogP contribution in [0.1, 0.15) is 30.6 Å². The van der Waals surface area contributed by atoms with Gasteiger partial charge in [0.2, 0.25) is 0 Å². The van der Waals surface area contributed by atoms with Crippen molar-refractivity contribution < 1.29 is 14.6 Å². The summed E-state index contributed by atoms with van der Waals surface area (Å²) in [5.41, 5.74) is 0.783. The van der Waals surface area contributed by atoms with Crippen LogP contribution >= 0.6 is 0 Å². The molecule has 1 unspecified atom stereocenters. The van der Waals surface area contributed by atoms with Gasteiger partial charge in [0.25, 0.3) is 0 Å². The van der Waals surface area contributed by atoms with E-state index in [4.69, 9.17) is 4.42 Å². The lowest BCUT2D eigenvalue weighted by Crippen LogP contribution is -2.14. The Bertz CT molecular complexity index is 613. The van der Waals surface area contributed by atoms with E-state index in [1.54, 1.807) is 19.9 Å². The van der Waals surface area contributed by atoms with Gasteiger partial charge in [0, 0.05) is 11.5 Å². The molecule has 0 radical (unpaired) electrons. The molecule has 90 valence electrons. The molecular weight excluding hydrogens is 220 g/mol. The van der Waals surface area contributed by atoms with Gasteiger partial charge in [0.1, 0.15) is 11.3 Å². The molecule has 0 aliphatic rings. The van der Waals surface area contributed by atoms with Crippen LogP contribution < -0.4 is 5.63 Å². The van der Waals surface area contributed by atoms with Gasteiger partial charge in [0.15, 0.2) is 0 Å². The first-order chi connectivity index (χ1) is 8.04. The van der Waals surface area contributed by atoms with Crippen molar-refractivity contribution in [2.45, 2.75) is 26.4 Å². The number of phenolic OH excluding ortho intramolecular Hbond substituents is 1. The molecule has 2 aromatic rings. The molecule has 1 aromatic heterocycles. The van der Waals surface area contributed by atoms with Crippen LogP contribution in [0.4, 0.5) is 0 Å². The first kappa shape index (κ1) is 11.7. The summed E-state index contributed by atoms with van der Waals surface area (Å²) in [6, 6.07) is 4.60. The number of fused-ring (bicyclic) bond motifs is 1. The minimum absolute atomic E-state index is 0.0452. The Morgan fingerprint density at radius 1 is 1.41 bits per heavy atom. The minimum Gasteiger partial charge on any atom is -0.508 e. The Labute approximate surface area is 98.1 Å². The quantitative estimate of drug-likeness (QED) is 0.782. The molecule has 2 rings (SSSR count). The van der Waals surface area contributed by atoms with Gasteiger partial charge in [-0.25, -0.2) is 4.79 Å². The molecule has 0 amide bonds. The van der Waals surface area contributed by atoms with Crippen LogP contribution in [0.15, 0.2) is 27.4 Å². The van der Waals surface area contributed by atoms with E-state index in [2.05, 4.69) is 0 Å². The third kappa shape index (κ3) is 1.91. The highest BCUT2D eigenvalue weighted by molar-refractivity contribution is 5.82. The van der Waals surface area contributed by atoms with Crippen molar-refractivity contribution >= 4 is 11.0 Å². The van der Waals surface area contributed by atoms with E-state index in [0.717, 1.165) is 5.39 Å². The van der Waals surface area contributed by atoms with Gasteiger partial charge in [-0.3, -0.25) is 0 Å². The molecule has 17 heavy (non-hydrogen) atoms. The van der Waals surface area contributed by atoms with E-state index in [1.165, 1.54) is 12.1 Å². The number of rotatable bonds is 2. The molecule has 0 saturated heterocycles. The fourth-order valence-electron chi connectivity index (χ4n) is 1.95. The predicted molar refractivity (Wildman–Crippen MR) is 64.1 cm³/mol. The fraction of sp³-hybridized carbons (Fsp3) is 0.308. The van der Waals surface area contributed by atoms with Crippen molar-refractivity contribution in [1.82, 2.24) is 0 Å². The number of benzene rings is 1. The Morgan fingerprint density at radius 3 is 2.76 bits per heavy atom. The van der Waals surface area contributed by atoms with Gasteiger partial charge in [-0.2, -0.15) is 0 Å². The first-order valence-electron chi connectivity index (χ1n) is 5.49. The lowest BCUT2D eigenvalue weighted by Gasteiger charge is -2.11. The monoisotopic (exact) mass is 234 g/mol. The highest BCUT2D eigenvalue weighted by Crippen LogP contribution is 2.26. The van der Waals surface area contributed by atoms with Gasteiger partial charge in [-0.15, -0.1) is 0 Å². The number of hydrogen-bond acceptors (Lipinski definition) is 4. The van der Waals surface area contributed by atoms with Crippen molar-refractivity contribution in [2.24, 2.45) is 0 Å². The Morgan fingerprint density at radius 2 is 2.12 bits per heavy atom. The second-order valence-electron chi connectivity index (χ2n) is 4.03. The Hall–Kier alpha value is -1.81. The number of phenols is 1. The SMILES string of the molecule is CCC(O)c1c(C)c2ccc(O)cc2oc1=O. The predicted octanol–water partition coefficient (Wildman–Crippen LogP) is 2.25. The van der Waals surface area contributed by atoms with Crippen molar-refractivity contribution in [1.29, 1.82) is 0 Å². The summed E-state index contributed by atoms with van der Waals surface area (Å²) in [4.78, 5) is 11.8. The third-order valence-corrected chi connectivity index (χ3v) is 2.92. The average Bonchev–Trinajstić information content (AvgIpc) is 2.28. The maximum absolute atomic E-state index is 11.8. The summed E-state index contributed by atoms with van der Waals surface area (Å²) in [7, 11) is 0. The van der Waals surface area contributed by atoms with Crippen LogP contribution in [-0.2, 0) is 0 Å². The summed E-state index contributed by atoms with van der Waals surface area (Å²) in [6.07, 6.45) is -0.362. The molecule has 1 heterocycles.